The molecule has 2 fully saturated rings. The standard InChI is InChI=1S/C11H21NO3S2/c13-17(14,15)16-11(12-8-4-5-9-12)10-6-2-1-3-7-10/h10-11H,1-9H2,(H,13,14,15). The van der Waals surface area contributed by atoms with Gasteiger partial charge in [0, 0.05) is 10.8 Å². The highest BCUT2D eigenvalue weighted by Crippen LogP contribution is 2.37. The minimum Gasteiger partial charge on any atom is -0.290 e. The molecule has 1 saturated carbocycles. The zero-order valence-corrected chi connectivity index (χ0v) is 11.7. The molecule has 0 aromatic heterocycles. The van der Waals surface area contributed by atoms with Crippen LogP contribution in [0.5, 0.6) is 0 Å². The number of nitrogens with zero attached hydrogens (tertiary/aromatic N) is 1. The van der Waals surface area contributed by atoms with E-state index in [1.807, 2.05) is 0 Å². The van der Waals surface area contributed by atoms with E-state index < -0.39 is 9.15 Å². The van der Waals surface area contributed by atoms with Crippen molar-refractivity contribution in [1.29, 1.82) is 0 Å². The maximum atomic E-state index is 11.1. The van der Waals surface area contributed by atoms with Gasteiger partial charge in [-0.05, 0) is 44.7 Å². The van der Waals surface area contributed by atoms with Crippen LogP contribution in [0.25, 0.3) is 0 Å². The predicted octanol–water partition coefficient (Wildman–Crippen LogP) is 2.52. The van der Waals surface area contributed by atoms with Gasteiger partial charge < -0.3 is 0 Å². The molecule has 0 bridgehead atoms. The molecule has 2 aliphatic rings. The van der Waals surface area contributed by atoms with Crippen LogP contribution in [0.1, 0.15) is 44.9 Å². The fourth-order valence-corrected chi connectivity index (χ4v) is 5.57. The van der Waals surface area contributed by atoms with Gasteiger partial charge in [-0.3, -0.25) is 9.45 Å². The summed E-state index contributed by atoms with van der Waals surface area (Å²) < 4.78 is 31.4. The van der Waals surface area contributed by atoms with E-state index in [1.165, 1.54) is 19.3 Å². The van der Waals surface area contributed by atoms with E-state index in [0.29, 0.717) is 5.92 Å². The van der Waals surface area contributed by atoms with Crippen molar-refractivity contribution < 1.29 is 13.0 Å². The van der Waals surface area contributed by atoms with Crippen LogP contribution in [-0.4, -0.2) is 36.3 Å². The highest BCUT2D eigenvalue weighted by atomic mass is 33.1. The Hall–Kier alpha value is 0.220. The van der Waals surface area contributed by atoms with Gasteiger partial charge in [0.1, 0.15) is 0 Å². The Morgan fingerprint density at radius 3 is 2.18 bits per heavy atom. The first-order valence-electron chi connectivity index (χ1n) is 6.46. The fraction of sp³-hybridized carbons (Fsp3) is 1.00. The molecule has 0 amide bonds. The number of hydrogen-bond donors (Lipinski definition) is 1. The van der Waals surface area contributed by atoms with Crippen LogP contribution < -0.4 is 0 Å². The SMILES string of the molecule is O=S(=O)(O)SC(C1CCCCC1)N1CCCC1. The Balaban J connectivity index is 2.04. The van der Waals surface area contributed by atoms with E-state index >= 15 is 0 Å². The maximum Gasteiger partial charge on any atom is 0.321 e. The van der Waals surface area contributed by atoms with Crippen LogP contribution in [0.2, 0.25) is 0 Å². The molecule has 17 heavy (non-hydrogen) atoms. The summed E-state index contributed by atoms with van der Waals surface area (Å²) in [6, 6.07) is 0. The van der Waals surface area contributed by atoms with E-state index in [4.69, 9.17) is 4.55 Å². The summed E-state index contributed by atoms with van der Waals surface area (Å²) in [6.07, 6.45) is 8.15. The molecule has 1 aliphatic heterocycles. The van der Waals surface area contributed by atoms with E-state index in [-0.39, 0.29) is 5.37 Å². The molecule has 0 aromatic rings. The molecule has 1 heterocycles. The molecule has 0 spiro atoms. The molecular weight excluding hydrogens is 258 g/mol. The zero-order chi connectivity index (χ0) is 12.3. The molecule has 4 nitrogen and oxygen atoms in total. The van der Waals surface area contributed by atoms with Crippen LogP contribution in [0.4, 0.5) is 0 Å². The van der Waals surface area contributed by atoms with Gasteiger partial charge in [-0.2, -0.15) is 8.42 Å². The highest BCUT2D eigenvalue weighted by Gasteiger charge is 2.34. The van der Waals surface area contributed by atoms with E-state index in [0.717, 1.165) is 49.6 Å². The van der Waals surface area contributed by atoms with Crippen LogP contribution >= 0.6 is 10.8 Å². The average Bonchev–Trinajstić information content (AvgIpc) is 2.79. The Bertz CT molecular complexity index is 333. The van der Waals surface area contributed by atoms with Crippen molar-refractivity contribution in [3.8, 4) is 0 Å². The monoisotopic (exact) mass is 279 g/mol. The molecule has 0 aromatic carbocycles. The van der Waals surface area contributed by atoms with Crippen molar-refractivity contribution in [3.05, 3.63) is 0 Å². The smallest absolute Gasteiger partial charge is 0.290 e. The van der Waals surface area contributed by atoms with Gasteiger partial charge in [-0.1, -0.05) is 19.3 Å². The largest absolute Gasteiger partial charge is 0.321 e. The Kier molecular flexibility index (Phi) is 4.74. The first-order chi connectivity index (χ1) is 8.06. The third kappa shape index (κ3) is 4.12. The fourth-order valence-electron chi connectivity index (χ4n) is 2.98. The third-order valence-electron chi connectivity index (χ3n) is 3.77. The van der Waals surface area contributed by atoms with Gasteiger partial charge in [0.05, 0.1) is 5.37 Å². The van der Waals surface area contributed by atoms with Crippen LogP contribution in [0, 0.1) is 5.92 Å². The topological polar surface area (TPSA) is 57.6 Å². The molecule has 0 radical (unpaired) electrons. The Labute approximate surface area is 107 Å². The maximum absolute atomic E-state index is 11.1. The third-order valence-corrected chi connectivity index (χ3v) is 6.22. The van der Waals surface area contributed by atoms with E-state index in [9.17, 15) is 8.42 Å². The van der Waals surface area contributed by atoms with Crippen molar-refractivity contribution in [1.82, 2.24) is 4.90 Å². The highest BCUT2D eigenvalue weighted by molar-refractivity contribution is 8.70. The van der Waals surface area contributed by atoms with E-state index in [2.05, 4.69) is 4.90 Å². The van der Waals surface area contributed by atoms with Crippen LogP contribution in [0.3, 0.4) is 0 Å². The van der Waals surface area contributed by atoms with Gasteiger partial charge in [-0.25, -0.2) is 0 Å². The summed E-state index contributed by atoms with van der Waals surface area (Å²) in [6.45, 7) is 1.95. The van der Waals surface area contributed by atoms with Crippen LogP contribution in [-0.2, 0) is 9.15 Å². The molecule has 6 heteroatoms. The predicted molar refractivity (Wildman–Crippen MR) is 70.3 cm³/mol. The summed E-state index contributed by atoms with van der Waals surface area (Å²) in [5.41, 5.74) is 0. The number of rotatable bonds is 4. The lowest BCUT2D eigenvalue weighted by molar-refractivity contribution is 0.209. The lowest BCUT2D eigenvalue weighted by Crippen LogP contribution is -2.38. The first-order valence-corrected chi connectivity index (χ1v) is 9.30. The lowest BCUT2D eigenvalue weighted by atomic mass is 9.88. The number of hydrogen-bond acceptors (Lipinski definition) is 4. The summed E-state index contributed by atoms with van der Waals surface area (Å²) in [4.78, 5) is 2.24. The zero-order valence-electron chi connectivity index (χ0n) is 10.0. The quantitative estimate of drug-likeness (QED) is 0.633. The van der Waals surface area contributed by atoms with Crippen molar-refractivity contribution >= 4 is 19.9 Å². The normalized spacial score (nSPS) is 26.2. The lowest BCUT2D eigenvalue weighted by Gasteiger charge is -2.34. The van der Waals surface area contributed by atoms with Gasteiger partial charge in [0.15, 0.2) is 0 Å². The molecule has 100 valence electrons. The Morgan fingerprint density at radius 2 is 1.65 bits per heavy atom. The minimum atomic E-state index is -3.94. The summed E-state index contributed by atoms with van der Waals surface area (Å²) >= 11 is 0. The molecule has 1 atom stereocenters. The van der Waals surface area contributed by atoms with Crippen molar-refractivity contribution in [3.63, 3.8) is 0 Å². The second kappa shape index (κ2) is 5.91. The number of likely N-dealkylation sites (tertiary alicyclic amines) is 1. The van der Waals surface area contributed by atoms with Crippen molar-refractivity contribution in [2.24, 2.45) is 5.92 Å². The van der Waals surface area contributed by atoms with Crippen LogP contribution in [0.15, 0.2) is 0 Å². The summed E-state index contributed by atoms with van der Waals surface area (Å²) in [5.74, 6) is 0.425. The Morgan fingerprint density at radius 1 is 1.06 bits per heavy atom. The summed E-state index contributed by atoms with van der Waals surface area (Å²) in [5, 5.41) is -0.0344. The molecule has 1 aliphatic carbocycles. The van der Waals surface area contributed by atoms with E-state index in [1.54, 1.807) is 0 Å². The first kappa shape index (κ1) is 13.6. The average molecular weight is 279 g/mol. The van der Waals surface area contributed by atoms with Crippen molar-refractivity contribution in [2.75, 3.05) is 13.1 Å². The van der Waals surface area contributed by atoms with Gasteiger partial charge in [0.2, 0.25) is 0 Å². The molecular formula is C11H21NO3S2. The van der Waals surface area contributed by atoms with Gasteiger partial charge >= 0.3 is 9.15 Å². The second-order valence-corrected chi connectivity index (χ2v) is 8.43. The van der Waals surface area contributed by atoms with Gasteiger partial charge in [0.25, 0.3) is 0 Å². The van der Waals surface area contributed by atoms with Gasteiger partial charge in [-0.15, -0.1) is 0 Å². The minimum absolute atomic E-state index is 0.0344. The molecule has 1 unspecified atom stereocenters. The molecule has 2 rings (SSSR count). The molecule has 1 saturated heterocycles. The molecule has 1 N–H and O–H groups in total. The second-order valence-electron chi connectivity index (χ2n) is 5.06. The summed E-state index contributed by atoms with van der Waals surface area (Å²) in [7, 11) is -3.18. The van der Waals surface area contributed by atoms with Crippen molar-refractivity contribution in [2.45, 2.75) is 50.3 Å².